The lowest BCUT2D eigenvalue weighted by molar-refractivity contribution is -0.147. The van der Waals surface area contributed by atoms with Crippen molar-refractivity contribution in [2.24, 2.45) is 0 Å². The van der Waals surface area contributed by atoms with E-state index in [4.69, 9.17) is 0 Å². The fourth-order valence-electron chi connectivity index (χ4n) is 3.94. The van der Waals surface area contributed by atoms with Crippen LogP contribution in [0.2, 0.25) is 0 Å². The molecule has 1 aliphatic rings. The first-order valence-corrected chi connectivity index (χ1v) is 12.6. The van der Waals surface area contributed by atoms with Crippen LogP contribution in [-0.4, -0.2) is 57.0 Å². The summed E-state index contributed by atoms with van der Waals surface area (Å²) in [5, 5.41) is 9.28. The Morgan fingerprint density at radius 1 is 1.17 bits per heavy atom. The van der Waals surface area contributed by atoms with E-state index in [1.807, 2.05) is 0 Å². The molecular weight excluding hydrogens is 405 g/mol. The number of ketones is 1. The third-order valence-corrected chi connectivity index (χ3v) is 8.00. The monoisotopic (exact) mass is 437 g/mol. The number of carbonyl (C=O) groups is 3. The van der Waals surface area contributed by atoms with Gasteiger partial charge in [0, 0.05) is 24.2 Å². The van der Waals surface area contributed by atoms with Gasteiger partial charge in [-0.15, -0.1) is 0 Å². The van der Waals surface area contributed by atoms with Crippen LogP contribution in [0.3, 0.4) is 0 Å². The number of likely N-dealkylation sites (tertiary alicyclic amines) is 1. The van der Waals surface area contributed by atoms with E-state index in [2.05, 4.69) is 6.92 Å². The minimum absolute atomic E-state index is 0.0977. The minimum atomic E-state index is -4.00. The summed E-state index contributed by atoms with van der Waals surface area (Å²) in [6.07, 6.45) is 4.22. The second-order valence-corrected chi connectivity index (χ2v) is 10.6. The van der Waals surface area contributed by atoms with Crippen LogP contribution in [0.4, 0.5) is 0 Å². The van der Waals surface area contributed by atoms with Gasteiger partial charge in [-0.1, -0.05) is 62.9 Å². The molecule has 7 nitrogen and oxygen atoms in total. The molecule has 0 bridgehead atoms. The van der Waals surface area contributed by atoms with E-state index in [0.717, 1.165) is 19.3 Å². The molecule has 0 saturated carbocycles. The zero-order valence-corrected chi connectivity index (χ0v) is 18.4. The van der Waals surface area contributed by atoms with Gasteiger partial charge in [-0.3, -0.25) is 14.2 Å². The average molecular weight is 437 g/mol. The molecule has 1 amide bonds. The Hall–Kier alpha value is -1.98. The summed E-state index contributed by atoms with van der Waals surface area (Å²) in [6.45, 7) is 2.35. The van der Waals surface area contributed by atoms with E-state index in [9.17, 15) is 28.9 Å². The number of benzene rings is 1. The largest absolute Gasteiger partial charge is 0.480 e. The lowest BCUT2D eigenvalue weighted by Gasteiger charge is -2.26. The second-order valence-electron chi connectivity index (χ2n) is 7.99. The lowest BCUT2D eigenvalue weighted by Crippen LogP contribution is -2.42. The van der Waals surface area contributed by atoms with Crippen molar-refractivity contribution in [2.45, 2.75) is 70.0 Å². The SMILES string of the molecule is CCCCCCC(CC(=O)c1ccccc1)P(=O)(O)CC(=O)N1CCC[C@H]1C(=O)O. The standard InChI is InChI=1S/C22H32NO6P/c1-2-3-4-8-12-18(15-20(24)17-10-6-5-7-11-17)30(28,29)16-21(25)23-14-9-13-19(23)22(26)27/h5-7,10-11,18-19H,2-4,8-9,12-16H2,1H3,(H,26,27)(H,28,29)/t18?,19-/m0/s1. The highest BCUT2D eigenvalue weighted by Gasteiger charge is 2.40. The van der Waals surface area contributed by atoms with Crippen molar-refractivity contribution in [1.82, 2.24) is 4.90 Å². The number of amides is 1. The molecule has 3 atom stereocenters. The molecule has 1 aromatic carbocycles. The maximum absolute atomic E-state index is 13.2. The predicted molar refractivity (Wildman–Crippen MR) is 115 cm³/mol. The number of nitrogens with zero attached hydrogens (tertiary/aromatic N) is 1. The number of hydrogen-bond donors (Lipinski definition) is 2. The molecule has 1 aromatic rings. The van der Waals surface area contributed by atoms with E-state index < -0.39 is 37.1 Å². The summed E-state index contributed by atoms with van der Waals surface area (Å²) in [6, 6.07) is 7.68. The third kappa shape index (κ3) is 6.78. The molecule has 0 spiro atoms. The van der Waals surface area contributed by atoms with Crippen LogP contribution in [0.25, 0.3) is 0 Å². The molecule has 2 rings (SSSR count). The number of rotatable bonds is 12. The van der Waals surface area contributed by atoms with Gasteiger partial charge in [0.15, 0.2) is 5.78 Å². The number of carbonyl (C=O) groups excluding carboxylic acids is 2. The summed E-state index contributed by atoms with van der Waals surface area (Å²) in [5.74, 6) is -1.93. The fourth-order valence-corrected chi connectivity index (χ4v) is 5.81. The predicted octanol–water partition coefficient (Wildman–Crippen LogP) is 3.94. The van der Waals surface area contributed by atoms with Crippen LogP contribution in [0.15, 0.2) is 30.3 Å². The Kier molecular flexibility index (Phi) is 9.25. The molecule has 1 fully saturated rings. The van der Waals surface area contributed by atoms with Crippen molar-refractivity contribution in [1.29, 1.82) is 0 Å². The smallest absolute Gasteiger partial charge is 0.326 e. The lowest BCUT2D eigenvalue weighted by atomic mass is 10.0. The summed E-state index contributed by atoms with van der Waals surface area (Å²) in [4.78, 5) is 48.7. The Bertz CT molecular complexity index is 781. The molecule has 1 heterocycles. The van der Waals surface area contributed by atoms with Crippen LogP contribution >= 0.6 is 7.37 Å². The van der Waals surface area contributed by atoms with Gasteiger partial charge in [0.1, 0.15) is 12.2 Å². The molecule has 0 aliphatic carbocycles. The molecule has 0 radical (unpaired) electrons. The van der Waals surface area contributed by atoms with Crippen LogP contribution in [0.5, 0.6) is 0 Å². The molecule has 30 heavy (non-hydrogen) atoms. The van der Waals surface area contributed by atoms with Gasteiger partial charge in [0.2, 0.25) is 13.3 Å². The van der Waals surface area contributed by atoms with Gasteiger partial charge in [-0.05, 0) is 19.3 Å². The molecular formula is C22H32NO6P. The van der Waals surface area contributed by atoms with Gasteiger partial charge < -0.3 is 14.9 Å². The molecule has 2 unspecified atom stereocenters. The van der Waals surface area contributed by atoms with Gasteiger partial charge in [-0.2, -0.15) is 0 Å². The van der Waals surface area contributed by atoms with Crippen molar-refractivity contribution in [3.63, 3.8) is 0 Å². The van der Waals surface area contributed by atoms with Gasteiger partial charge in [-0.25, -0.2) is 4.79 Å². The van der Waals surface area contributed by atoms with Crippen LogP contribution in [-0.2, 0) is 14.2 Å². The average Bonchev–Trinajstić information content (AvgIpc) is 3.21. The highest BCUT2D eigenvalue weighted by molar-refractivity contribution is 7.59. The van der Waals surface area contributed by atoms with Crippen molar-refractivity contribution in [3.8, 4) is 0 Å². The van der Waals surface area contributed by atoms with E-state index >= 15 is 0 Å². The maximum Gasteiger partial charge on any atom is 0.326 e. The van der Waals surface area contributed by atoms with E-state index in [1.54, 1.807) is 30.3 Å². The topological polar surface area (TPSA) is 112 Å². The first kappa shape index (κ1) is 24.3. The Morgan fingerprint density at radius 2 is 1.87 bits per heavy atom. The summed E-state index contributed by atoms with van der Waals surface area (Å²) in [5.41, 5.74) is -0.329. The van der Waals surface area contributed by atoms with Crippen LogP contribution in [0.1, 0.15) is 68.6 Å². The highest BCUT2D eigenvalue weighted by atomic mass is 31.2. The van der Waals surface area contributed by atoms with Crippen molar-refractivity contribution >= 4 is 25.0 Å². The summed E-state index contributed by atoms with van der Waals surface area (Å²) in [7, 11) is -4.00. The zero-order valence-electron chi connectivity index (χ0n) is 17.5. The molecule has 2 N–H and O–H groups in total. The second kappa shape index (κ2) is 11.4. The third-order valence-electron chi connectivity index (χ3n) is 5.70. The quantitative estimate of drug-likeness (QED) is 0.291. The highest BCUT2D eigenvalue weighted by Crippen LogP contribution is 2.50. The molecule has 1 aliphatic heterocycles. The number of hydrogen-bond acceptors (Lipinski definition) is 4. The van der Waals surface area contributed by atoms with Crippen molar-refractivity contribution in [3.05, 3.63) is 35.9 Å². The molecule has 1 saturated heterocycles. The number of carboxylic acid groups (broad SMARTS) is 1. The molecule has 166 valence electrons. The van der Waals surface area contributed by atoms with E-state index in [-0.39, 0.29) is 18.7 Å². The first-order chi connectivity index (χ1) is 14.3. The number of aliphatic carboxylic acids is 1. The molecule has 0 aromatic heterocycles. The van der Waals surface area contributed by atoms with Crippen LogP contribution < -0.4 is 0 Å². The number of Topliss-reactive ketones (excluding diaryl/α,β-unsaturated/α-hetero) is 1. The van der Waals surface area contributed by atoms with Crippen molar-refractivity contribution < 1.29 is 28.9 Å². The number of carboxylic acids is 1. The van der Waals surface area contributed by atoms with Gasteiger partial charge in [0.25, 0.3) is 0 Å². The Labute approximate surface area is 177 Å². The maximum atomic E-state index is 13.2. The molecule has 8 heteroatoms. The zero-order chi connectivity index (χ0) is 22.1. The summed E-state index contributed by atoms with van der Waals surface area (Å²) >= 11 is 0. The van der Waals surface area contributed by atoms with Gasteiger partial charge in [0.05, 0.1) is 0 Å². The van der Waals surface area contributed by atoms with E-state index in [0.29, 0.717) is 31.2 Å². The van der Waals surface area contributed by atoms with Crippen molar-refractivity contribution in [2.75, 3.05) is 12.7 Å². The fraction of sp³-hybridized carbons (Fsp3) is 0.591. The normalized spacial score (nSPS) is 19.3. The van der Waals surface area contributed by atoms with Crippen LogP contribution in [0, 0.1) is 0 Å². The number of unbranched alkanes of at least 4 members (excludes halogenated alkanes) is 3. The minimum Gasteiger partial charge on any atom is -0.480 e. The Balaban J connectivity index is 2.11. The summed E-state index contributed by atoms with van der Waals surface area (Å²) < 4.78 is 13.2. The first-order valence-electron chi connectivity index (χ1n) is 10.7. The Morgan fingerprint density at radius 3 is 2.50 bits per heavy atom. The van der Waals surface area contributed by atoms with E-state index in [1.165, 1.54) is 4.90 Å². The van der Waals surface area contributed by atoms with Gasteiger partial charge >= 0.3 is 5.97 Å².